The molecule has 0 amide bonds. The largest absolute Gasteiger partial charge is 0.387 e. The molecule has 1 heterocycles. The van der Waals surface area contributed by atoms with Gasteiger partial charge in [-0.3, -0.25) is 4.90 Å². The third kappa shape index (κ3) is 4.30. The molecule has 1 saturated heterocycles. The molecule has 3 nitrogen and oxygen atoms in total. The Balaban J connectivity index is 1.97. The van der Waals surface area contributed by atoms with E-state index in [1.54, 1.807) is 0 Å². The highest BCUT2D eigenvalue weighted by Crippen LogP contribution is 2.18. The molecule has 1 aromatic rings. The van der Waals surface area contributed by atoms with Crippen LogP contribution in [0, 0.1) is 13.8 Å². The van der Waals surface area contributed by atoms with Crippen LogP contribution in [-0.2, 0) is 0 Å². The van der Waals surface area contributed by atoms with Crippen LogP contribution in [0.1, 0.15) is 29.2 Å². The van der Waals surface area contributed by atoms with E-state index in [2.05, 4.69) is 48.9 Å². The van der Waals surface area contributed by atoms with E-state index < -0.39 is 0 Å². The molecule has 19 heavy (non-hydrogen) atoms. The maximum Gasteiger partial charge on any atom is 0.0917 e. The number of hydrogen-bond donors (Lipinski definition) is 1. The normalized spacial score (nSPS) is 20.2. The van der Waals surface area contributed by atoms with Gasteiger partial charge < -0.3 is 10.0 Å². The summed E-state index contributed by atoms with van der Waals surface area (Å²) in [5, 5.41) is 10.4. The lowest BCUT2D eigenvalue weighted by Crippen LogP contribution is -2.32. The Hall–Kier alpha value is -0.900. The second-order valence-electron chi connectivity index (χ2n) is 5.89. The summed E-state index contributed by atoms with van der Waals surface area (Å²) in [5.41, 5.74) is 3.50. The first kappa shape index (κ1) is 14.5. The third-order valence-electron chi connectivity index (χ3n) is 3.87. The van der Waals surface area contributed by atoms with E-state index in [9.17, 15) is 5.11 Å². The van der Waals surface area contributed by atoms with E-state index in [1.807, 2.05) is 0 Å². The van der Waals surface area contributed by atoms with Crippen molar-refractivity contribution < 1.29 is 5.11 Å². The molecule has 1 aromatic carbocycles. The van der Waals surface area contributed by atoms with Crippen LogP contribution in [0.3, 0.4) is 0 Å². The maximum atomic E-state index is 10.4. The van der Waals surface area contributed by atoms with E-state index >= 15 is 0 Å². The molecule has 0 bridgehead atoms. The average molecular weight is 262 g/mol. The minimum atomic E-state index is -0.373. The molecule has 1 aliphatic heterocycles. The quantitative estimate of drug-likeness (QED) is 0.902. The first-order valence-corrected chi connectivity index (χ1v) is 7.22. The minimum absolute atomic E-state index is 0.373. The number of rotatable bonds is 3. The van der Waals surface area contributed by atoms with Crippen molar-refractivity contribution in [2.75, 3.05) is 39.8 Å². The number of likely N-dealkylation sites (N-methyl/N-ethyl adjacent to an activating group) is 1. The number of hydrogen-bond acceptors (Lipinski definition) is 3. The standard InChI is InChI=1S/C16H26N2O/c1-13-9-14(2)11-15(10-13)16(19)12-18-6-4-5-17(3)7-8-18/h9-11,16,19H,4-8,12H2,1-3H3. The predicted octanol–water partition coefficient (Wildman–Crippen LogP) is 1.97. The number of aliphatic hydroxyl groups excluding tert-OH is 1. The van der Waals surface area contributed by atoms with Crippen LogP contribution in [0.15, 0.2) is 18.2 Å². The molecule has 2 rings (SSSR count). The molecule has 1 aliphatic rings. The first-order chi connectivity index (χ1) is 9.04. The Kier molecular flexibility index (Phi) is 4.97. The van der Waals surface area contributed by atoms with Gasteiger partial charge in [-0.1, -0.05) is 29.3 Å². The van der Waals surface area contributed by atoms with Crippen LogP contribution in [0.5, 0.6) is 0 Å². The number of aliphatic hydroxyl groups is 1. The maximum absolute atomic E-state index is 10.4. The molecule has 0 spiro atoms. The Morgan fingerprint density at radius 1 is 1.05 bits per heavy atom. The summed E-state index contributed by atoms with van der Waals surface area (Å²) < 4.78 is 0. The molecular weight excluding hydrogens is 236 g/mol. The highest BCUT2D eigenvalue weighted by atomic mass is 16.3. The Labute approximate surface area is 116 Å². The monoisotopic (exact) mass is 262 g/mol. The van der Waals surface area contributed by atoms with Crippen molar-refractivity contribution in [3.63, 3.8) is 0 Å². The zero-order valence-corrected chi connectivity index (χ0v) is 12.4. The number of β-amino-alcohol motifs (C(OH)–C–C–N with tert-alkyl or cyclic N) is 1. The van der Waals surface area contributed by atoms with Gasteiger partial charge in [-0.15, -0.1) is 0 Å². The van der Waals surface area contributed by atoms with Crippen LogP contribution in [0.2, 0.25) is 0 Å². The van der Waals surface area contributed by atoms with Gasteiger partial charge in [-0.25, -0.2) is 0 Å². The van der Waals surface area contributed by atoms with Crippen LogP contribution < -0.4 is 0 Å². The summed E-state index contributed by atoms with van der Waals surface area (Å²) in [7, 11) is 2.17. The van der Waals surface area contributed by atoms with Gasteiger partial charge >= 0.3 is 0 Å². The number of nitrogens with zero attached hydrogens (tertiary/aromatic N) is 2. The lowest BCUT2D eigenvalue weighted by atomic mass is 10.0. The molecule has 0 aliphatic carbocycles. The second-order valence-corrected chi connectivity index (χ2v) is 5.89. The summed E-state index contributed by atoms with van der Waals surface area (Å²) in [5.74, 6) is 0. The third-order valence-corrected chi connectivity index (χ3v) is 3.87. The van der Waals surface area contributed by atoms with E-state index in [1.165, 1.54) is 17.5 Å². The average Bonchev–Trinajstić information content (AvgIpc) is 2.53. The summed E-state index contributed by atoms with van der Waals surface area (Å²) >= 11 is 0. The minimum Gasteiger partial charge on any atom is -0.387 e. The molecular formula is C16H26N2O. The fourth-order valence-corrected chi connectivity index (χ4v) is 2.83. The first-order valence-electron chi connectivity index (χ1n) is 7.22. The molecule has 106 valence electrons. The molecule has 1 atom stereocenters. The van der Waals surface area contributed by atoms with Gasteiger partial charge in [0, 0.05) is 19.6 Å². The molecule has 1 unspecified atom stereocenters. The predicted molar refractivity (Wildman–Crippen MR) is 79.4 cm³/mol. The highest BCUT2D eigenvalue weighted by Gasteiger charge is 2.17. The Morgan fingerprint density at radius 2 is 1.74 bits per heavy atom. The van der Waals surface area contributed by atoms with Crippen LogP contribution in [0.4, 0.5) is 0 Å². The SMILES string of the molecule is Cc1cc(C)cc(C(O)CN2CCCN(C)CC2)c1. The van der Waals surface area contributed by atoms with E-state index in [4.69, 9.17) is 0 Å². The highest BCUT2D eigenvalue weighted by molar-refractivity contribution is 5.30. The zero-order valence-electron chi connectivity index (χ0n) is 12.4. The van der Waals surface area contributed by atoms with Crippen LogP contribution in [-0.4, -0.2) is 54.7 Å². The smallest absolute Gasteiger partial charge is 0.0917 e. The van der Waals surface area contributed by atoms with Crippen molar-refractivity contribution in [1.29, 1.82) is 0 Å². The molecule has 1 N–H and O–H groups in total. The van der Waals surface area contributed by atoms with Gasteiger partial charge in [0.15, 0.2) is 0 Å². The van der Waals surface area contributed by atoms with Crippen molar-refractivity contribution in [1.82, 2.24) is 9.80 Å². The van der Waals surface area contributed by atoms with Crippen LogP contribution >= 0.6 is 0 Å². The number of benzene rings is 1. The van der Waals surface area contributed by atoms with Gasteiger partial charge in [0.2, 0.25) is 0 Å². The van der Waals surface area contributed by atoms with Crippen molar-refractivity contribution in [3.05, 3.63) is 34.9 Å². The van der Waals surface area contributed by atoms with E-state index in [-0.39, 0.29) is 6.10 Å². The molecule has 0 radical (unpaired) electrons. The second kappa shape index (κ2) is 6.51. The Morgan fingerprint density at radius 3 is 2.42 bits per heavy atom. The van der Waals surface area contributed by atoms with E-state index in [0.29, 0.717) is 0 Å². The lowest BCUT2D eigenvalue weighted by Gasteiger charge is -2.24. The zero-order chi connectivity index (χ0) is 13.8. The summed E-state index contributed by atoms with van der Waals surface area (Å²) in [6.45, 7) is 9.32. The number of aryl methyl sites for hydroxylation is 2. The fraction of sp³-hybridized carbons (Fsp3) is 0.625. The summed E-state index contributed by atoms with van der Waals surface area (Å²) in [6, 6.07) is 6.35. The molecule has 0 aromatic heterocycles. The molecule has 1 fully saturated rings. The fourth-order valence-electron chi connectivity index (χ4n) is 2.83. The molecule has 0 saturated carbocycles. The van der Waals surface area contributed by atoms with Gasteiger partial charge in [0.1, 0.15) is 0 Å². The summed E-state index contributed by atoms with van der Waals surface area (Å²) in [4.78, 5) is 4.75. The van der Waals surface area contributed by atoms with Crippen LogP contribution in [0.25, 0.3) is 0 Å². The van der Waals surface area contributed by atoms with Crippen molar-refractivity contribution >= 4 is 0 Å². The van der Waals surface area contributed by atoms with Gasteiger partial charge in [-0.2, -0.15) is 0 Å². The summed E-state index contributed by atoms with van der Waals surface area (Å²) in [6.07, 6.45) is 0.817. The molecule has 3 heteroatoms. The topological polar surface area (TPSA) is 26.7 Å². The van der Waals surface area contributed by atoms with E-state index in [0.717, 1.165) is 38.3 Å². The Bertz CT molecular complexity index is 399. The lowest BCUT2D eigenvalue weighted by molar-refractivity contribution is 0.115. The van der Waals surface area contributed by atoms with Crippen molar-refractivity contribution in [2.45, 2.75) is 26.4 Å². The van der Waals surface area contributed by atoms with Crippen molar-refractivity contribution in [2.24, 2.45) is 0 Å². The van der Waals surface area contributed by atoms with Gasteiger partial charge in [0.05, 0.1) is 6.10 Å². The van der Waals surface area contributed by atoms with Crippen molar-refractivity contribution in [3.8, 4) is 0 Å². The van der Waals surface area contributed by atoms with Gasteiger partial charge in [0.25, 0.3) is 0 Å². The van der Waals surface area contributed by atoms with Gasteiger partial charge in [-0.05, 0) is 46.0 Å².